The molecule has 0 radical (unpaired) electrons. The topological polar surface area (TPSA) is 99.2 Å². The van der Waals surface area contributed by atoms with E-state index in [0.717, 1.165) is 42.7 Å². The highest BCUT2D eigenvalue weighted by Crippen LogP contribution is 2.43. The fourth-order valence-electron chi connectivity index (χ4n) is 5.73. The van der Waals surface area contributed by atoms with E-state index in [0.29, 0.717) is 18.0 Å². The van der Waals surface area contributed by atoms with Gasteiger partial charge in [-0.25, -0.2) is 4.79 Å². The Morgan fingerprint density at radius 2 is 1.63 bits per heavy atom. The SMILES string of the molecule is COc1ccc(N2CC(c3ccc(C(=O)NCCC(=O)O)cc3)N(C3CCC(C(C)(C)C)CC3)C2=O)cc1. The van der Waals surface area contributed by atoms with Crippen molar-refractivity contribution in [2.24, 2.45) is 11.3 Å². The summed E-state index contributed by atoms with van der Waals surface area (Å²) in [5, 5.41) is 11.4. The van der Waals surface area contributed by atoms with E-state index in [1.165, 1.54) is 0 Å². The highest BCUT2D eigenvalue weighted by Gasteiger charge is 2.44. The van der Waals surface area contributed by atoms with Crippen LogP contribution in [-0.2, 0) is 4.79 Å². The molecule has 8 heteroatoms. The molecule has 2 aliphatic rings. The standard InChI is InChI=1S/C30H39N3O5/c1-30(2,3)22-9-11-24(12-10-22)33-26(19-32(29(33)37)23-13-15-25(38-4)16-14-23)20-5-7-21(8-6-20)28(36)31-18-17-27(34)35/h5-8,13-16,22,24,26H,9-12,17-19H2,1-4H3,(H,31,36)(H,34,35). The number of nitrogens with zero attached hydrogens (tertiary/aromatic N) is 2. The van der Waals surface area contributed by atoms with Crippen LogP contribution in [0.1, 0.15) is 74.8 Å². The second-order valence-electron chi connectivity index (χ2n) is 11.4. The van der Waals surface area contributed by atoms with Crippen molar-refractivity contribution in [1.29, 1.82) is 0 Å². The predicted molar refractivity (Wildman–Crippen MR) is 147 cm³/mol. The van der Waals surface area contributed by atoms with Crippen LogP contribution in [0.15, 0.2) is 48.5 Å². The maximum absolute atomic E-state index is 13.9. The zero-order chi connectivity index (χ0) is 27.4. The summed E-state index contributed by atoms with van der Waals surface area (Å²) in [6.45, 7) is 7.50. The van der Waals surface area contributed by atoms with E-state index >= 15 is 0 Å². The molecule has 0 spiro atoms. The number of carbonyl (C=O) groups is 3. The van der Waals surface area contributed by atoms with Gasteiger partial charge in [0.25, 0.3) is 5.91 Å². The maximum Gasteiger partial charge on any atom is 0.325 e. The minimum atomic E-state index is -0.954. The molecule has 4 rings (SSSR count). The molecule has 1 saturated heterocycles. The van der Waals surface area contributed by atoms with E-state index in [4.69, 9.17) is 9.84 Å². The Morgan fingerprint density at radius 1 is 1.00 bits per heavy atom. The summed E-state index contributed by atoms with van der Waals surface area (Å²) >= 11 is 0. The summed E-state index contributed by atoms with van der Waals surface area (Å²) in [6, 6.07) is 14.9. The molecule has 2 aromatic rings. The number of methoxy groups -OCH3 is 1. The summed E-state index contributed by atoms with van der Waals surface area (Å²) in [7, 11) is 1.62. The second kappa shape index (κ2) is 11.5. The van der Waals surface area contributed by atoms with Crippen LogP contribution in [0.4, 0.5) is 10.5 Å². The summed E-state index contributed by atoms with van der Waals surface area (Å²) in [6.07, 6.45) is 4.03. The van der Waals surface area contributed by atoms with Gasteiger partial charge in [0.05, 0.1) is 26.1 Å². The van der Waals surface area contributed by atoms with Crippen LogP contribution in [0.5, 0.6) is 5.75 Å². The molecular weight excluding hydrogens is 482 g/mol. The summed E-state index contributed by atoms with van der Waals surface area (Å²) in [4.78, 5) is 40.9. The number of benzene rings is 2. The van der Waals surface area contributed by atoms with Crippen molar-refractivity contribution in [1.82, 2.24) is 10.2 Å². The number of hydrogen-bond acceptors (Lipinski definition) is 4. The quantitative estimate of drug-likeness (QED) is 0.479. The van der Waals surface area contributed by atoms with Crippen LogP contribution in [0, 0.1) is 11.3 Å². The van der Waals surface area contributed by atoms with Crippen molar-refractivity contribution in [3.8, 4) is 5.75 Å². The zero-order valence-corrected chi connectivity index (χ0v) is 22.8. The molecule has 1 aliphatic carbocycles. The van der Waals surface area contributed by atoms with Crippen LogP contribution in [-0.4, -0.2) is 54.2 Å². The molecule has 1 unspecified atom stereocenters. The van der Waals surface area contributed by atoms with Gasteiger partial charge in [0, 0.05) is 23.8 Å². The molecule has 0 aromatic heterocycles. The first-order valence-corrected chi connectivity index (χ1v) is 13.4. The molecule has 2 N–H and O–H groups in total. The first-order chi connectivity index (χ1) is 18.1. The van der Waals surface area contributed by atoms with E-state index in [9.17, 15) is 14.4 Å². The highest BCUT2D eigenvalue weighted by atomic mass is 16.5. The van der Waals surface area contributed by atoms with Crippen molar-refractivity contribution in [2.75, 3.05) is 25.1 Å². The van der Waals surface area contributed by atoms with Gasteiger partial charge in [-0.15, -0.1) is 0 Å². The average Bonchev–Trinajstić information content (AvgIpc) is 3.25. The highest BCUT2D eigenvalue weighted by molar-refractivity contribution is 5.96. The summed E-state index contributed by atoms with van der Waals surface area (Å²) in [5.74, 6) is 0.125. The number of carbonyl (C=O) groups excluding carboxylic acids is 2. The number of ether oxygens (including phenoxy) is 1. The molecule has 204 valence electrons. The number of amides is 3. The largest absolute Gasteiger partial charge is 0.497 e. The molecule has 1 heterocycles. The fourth-order valence-corrected chi connectivity index (χ4v) is 5.73. The van der Waals surface area contributed by atoms with Crippen LogP contribution >= 0.6 is 0 Å². The van der Waals surface area contributed by atoms with Crippen molar-refractivity contribution in [3.63, 3.8) is 0 Å². The fraction of sp³-hybridized carbons (Fsp3) is 0.500. The monoisotopic (exact) mass is 521 g/mol. The number of carboxylic acid groups (broad SMARTS) is 1. The number of aliphatic carboxylic acids is 1. The van der Waals surface area contributed by atoms with Crippen molar-refractivity contribution in [2.45, 2.75) is 65.0 Å². The Hall–Kier alpha value is -3.55. The Morgan fingerprint density at radius 3 is 2.18 bits per heavy atom. The van der Waals surface area contributed by atoms with Crippen molar-refractivity contribution < 1.29 is 24.2 Å². The first kappa shape index (κ1) is 27.5. The van der Waals surface area contributed by atoms with Crippen molar-refractivity contribution >= 4 is 23.6 Å². The van der Waals surface area contributed by atoms with Gasteiger partial charge < -0.3 is 20.1 Å². The lowest BCUT2D eigenvalue weighted by atomic mass is 9.71. The van der Waals surface area contributed by atoms with E-state index in [2.05, 4.69) is 31.0 Å². The lowest BCUT2D eigenvalue weighted by molar-refractivity contribution is -0.136. The van der Waals surface area contributed by atoms with E-state index in [-0.39, 0.29) is 42.4 Å². The Labute approximate surface area is 225 Å². The van der Waals surface area contributed by atoms with Gasteiger partial charge in [0.2, 0.25) is 0 Å². The number of nitrogens with one attached hydrogen (secondary N) is 1. The van der Waals surface area contributed by atoms with Gasteiger partial charge in [0.1, 0.15) is 5.75 Å². The van der Waals surface area contributed by atoms with Gasteiger partial charge in [-0.1, -0.05) is 32.9 Å². The molecule has 3 amide bonds. The second-order valence-corrected chi connectivity index (χ2v) is 11.4. The van der Waals surface area contributed by atoms with Gasteiger partial charge >= 0.3 is 12.0 Å². The predicted octanol–water partition coefficient (Wildman–Crippen LogP) is 5.49. The van der Waals surface area contributed by atoms with Gasteiger partial charge in [-0.05, 0) is 79.0 Å². The molecule has 1 atom stereocenters. The molecule has 0 bridgehead atoms. The summed E-state index contributed by atoms with van der Waals surface area (Å²) in [5.41, 5.74) is 2.54. The van der Waals surface area contributed by atoms with Gasteiger partial charge in [-0.3, -0.25) is 14.5 Å². The van der Waals surface area contributed by atoms with Gasteiger partial charge in [-0.2, -0.15) is 0 Å². The smallest absolute Gasteiger partial charge is 0.325 e. The zero-order valence-electron chi connectivity index (χ0n) is 22.8. The Bertz CT molecular complexity index is 1130. The van der Waals surface area contributed by atoms with Crippen LogP contribution in [0.2, 0.25) is 0 Å². The molecular formula is C30H39N3O5. The summed E-state index contributed by atoms with van der Waals surface area (Å²) < 4.78 is 5.29. The van der Waals surface area contributed by atoms with Gasteiger partial charge in [0.15, 0.2) is 0 Å². The molecule has 38 heavy (non-hydrogen) atoms. The lowest BCUT2D eigenvalue weighted by Gasteiger charge is -2.41. The molecule has 1 saturated carbocycles. The lowest BCUT2D eigenvalue weighted by Crippen LogP contribution is -2.43. The number of rotatable bonds is 8. The number of carboxylic acids is 1. The van der Waals surface area contributed by atoms with Crippen LogP contribution in [0.25, 0.3) is 0 Å². The Kier molecular flexibility index (Phi) is 8.29. The van der Waals surface area contributed by atoms with E-state index < -0.39 is 5.97 Å². The number of anilines is 1. The molecule has 1 aliphatic heterocycles. The van der Waals surface area contributed by atoms with Crippen molar-refractivity contribution in [3.05, 3.63) is 59.7 Å². The maximum atomic E-state index is 13.9. The third-order valence-electron chi connectivity index (χ3n) is 8.02. The number of urea groups is 1. The Balaban J connectivity index is 1.56. The van der Waals surface area contributed by atoms with E-state index in [1.807, 2.05) is 41.3 Å². The number of hydrogen-bond donors (Lipinski definition) is 2. The minimum absolute atomic E-state index is 0.00913. The van der Waals surface area contributed by atoms with E-state index in [1.54, 1.807) is 19.2 Å². The average molecular weight is 522 g/mol. The minimum Gasteiger partial charge on any atom is -0.497 e. The molecule has 2 fully saturated rings. The van der Waals surface area contributed by atoms with Crippen LogP contribution in [0.3, 0.4) is 0 Å². The third-order valence-corrected chi connectivity index (χ3v) is 8.02. The van der Waals surface area contributed by atoms with Crippen LogP contribution < -0.4 is 15.0 Å². The first-order valence-electron chi connectivity index (χ1n) is 13.4. The third kappa shape index (κ3) is 6.11. The normalized spacial score (nSPS) is 21.9. The molecule has 8 nitrogen and oxygen atoms in total. The molecule has 2 aromatic carbocycles.